The van der Waals surface area contributed by atoms with E-state index in [1.807, 2.05) is 24.3 Å². The summed E-state index contributed by atoms with van der Waals surface area (Å²) in [7, 11) is 0. The number of H-pyrrole nitrogens is 1. The number of fused-ring (bicyclic) bond motifs is 1. The predicted octanol–water partition coefficient (Wildman–Crippen LogP) is 1.88. The molecular formula is C11H14N2O. The quantitative estimate of drug-likeness (QED) is 0.759. The number of benzene rings is 1. The highest BCUT2D eigenvalue weighted by atomic mass is 16.3. The van der Waals surface area contributed by atoms with Gasteiger partial charge >= 0.3 is 0 Å². The molecule has 74 valence electrons. The van der Waals surface area contributed by atoms with Crippen LogP contribution in [-0.2, 0) is 6.42 Å². The van der Waals surface area contributed by atoms with E-state index in [0.717, 1.165) is 16.6 Å². The van der Waals surface area contributed by atoms with Crippen LogP contribution in [0, 0.1) is 0 Å². The van der Waals surface area contributed by atoms with Gasteiger partial charge < -0.3 is 5.11 Å². The van der Waals surface area contributed by atoms with Gasteiger partial charge in [-0.2, -0.15) is 5.10 Å². The Morgan fingerprint density at radius 2 is 2.07 bits per heavy atom. The number of aliphatic hydroxyl groups is 1. The van der Waals surface area contributed by atoms with Gasteiger partial charge in [-0.05, 0) is 19.9 Å². The Bertz CT molecular complexity index is 440. The molecule has 1 aromatic heterocycles. The van der Waals surface area contributed by atoms with Gasteiger partial charge in [0.2, 0.25) is 0 Å². The van der Waals surface area contributed by atoms with Crippen LogP contribution >= 0.6 is 0 Å². The van der Waals surface area contributed by atoms with Crippen LogP contribution < -0.4 is 0 Å². The molecule has 3 nitrogen and oxygen atoms in total. The molecule has 0 amide bonds. The summed E-state index contributed by atoms with van der Waals surface area (Å²) < 4.78 is 0. The Morgan fingerprint density at radius 3 is 2.79 bits per heavy atom. The number of aromatic nitrogens is 2. The summed E-state index contributed by atoms with van der Waals surface area (Å²) in [5, 5.41) is 17.9. The van der Waals surface area contributed by atoms with E-state index in [1.165, 1.54) is 0 Å². The van der Waals surface area contributed by atoms with E-state index in [-0.39, 0.29) is 0 Å². The van der Waals surface area contributed by atoms with Crippen molar-refractivity contribution in [3.8, 4) is 0 Å². The normalized spacial score (nSPS) is 12.2. The molecule has 1 aromatic carbocycles. The summed E-state index contributed by atoms with van der Waals surface area (Å²) in [6.45, 7) is 3.59. The lowest BCUT2D eigenvalue weighted by atomic mass is 10.0. The van der Waals surface area contributed by atoms with Crippen LogP contribution in [0.2, 0.25) is 0 Å². The molecule has 2 rings (SSSR count). The van der Waals surface area contributed by atoms with E-state index < -0.39 is 5.60 Å². The van der Waals surface area contributed by atoms with Crippen LogP contribution in [0.25, 0.3) is 10.9 Å². The van der Waals surface area contributed by atoms with Crippen molar-refractivity contribution in [2.75, 3.05) is 0 Å². The van der Waals surface area contributed by atoms with E-state index in [9.17, 15) is 5.11 Å². The van der Waals surface area contributed by atoms with Gasteiger partial charge in [-0.1, -0.05) is 18.2 Å². The molecule has 0 radical (unpaired) electrons. The maximum Gasteiger partial charge on any atom is 0.0923 e. The second-order valence-corrected chi connectivity index (χ2v) is 4.21. The van der Waals surface area contributed by atoms with E-state index >= 15 is 0 Å². The number of rotatable bonds is 2. The number of para-hydroxylation sites is 1. The fraction of sp³-hybridized carbons (Fsp3) is 0.364. The number of hydrogen-bond donors (Lipinski definition) is 2. The van der Waals surface area contributed by atoms with Gasteiger partial charge in [-0.15, -0.1) is 0 Å². The van der Waals surface area contributed by atoms with Crippen LogP contribution in [0.5, 0.6) is 0 Å². The number of hydrogen-bond acceptors (Lipinski definition) is 2. The Kier molecular flexibility index (Phi) is 2.04. The minimum atomic E-state index is -0.699. The number of nitrogens with zero attached hydrogens (tertiary/aromatic N) is 1. The molecule has 0 bridgehead atoms. The van der Waals surface area contributed by atoms with Crippen LogP contribution in [0.15, 0.2) is 24.3 Å². The van der Waals surface area contributed by atoms with Gasteiger partial charge in [-0.3, -0.25) is 5.10 Å². The molecular weight excluding hydrogens is 176 g/mol. The zero-order valence-corrected chi connectivity index (χ0v) is 8.41. The average molecular weight is 190 g/mol. The van der Waals surface area contributed by atoms with Crippen molar-refractivity contribution in [1.29, 1.82) is 0 Å². The fourth-order valence-corrected chi connectivity index (χ4v) is 1.58. The highest BCUT2D eigenvalue weighted by Gasteiger charge is 2.16. The Balaban J connectivity index is 2.44. The minimum absolute atomic E-state index is 0.591. The molecule has 14 heavy (non-hydrogen) atoms. The van der Waals surface area contributed by atoms with Crippen molar-refractivity contribution in [3.05, 3.63) is 30.0 Å². The van der Waals surface area contributed by atoms with Crippen LogP contribution in [0.3, 0.4) is 0 Å². The molecule has 2 N–H and O–H groups in total. The third-order valence-corrected chi connectivity index (χ3v) is 2.15. The first kappa shape index (κ1) is 9.21. The van der Waals surface area contributed by atoms with Gasteiger partial charge in [0.15, 0.2) is 0 Å². The fourth-order valence-electron chi connectivity index (χ4n) is 1.58. The number of aromatic amines is 1. The first-order valence-corrected chi connectivity index (χ1v) is 4.71. The van der Waals surface area contributed by atoms with E-state index in [0.29, 0.717) is 6.42 Å². The molecule has 1 heterocycles. The first-order valence-electron chi connectivity index (χ1n) is 4.71. The van der Waals surface area contributed by atoms with Crippen molar-refractivity contribution in [2.24, 2.45) is 0 Å². The molecule has 0 saturated carbocycles. The monoisotopic (exact) mass is 190 g/mol. The van der Waals surface area contributed by atoms with E-state index in [4.69, 9.17) is 0 Å². The summed E-state index contributed by atoms with van der Waals surface area (Å²) in [6, 6.07) is 7.91. The molecule has 0 aliphatic rings. The Labute approximate surface area is 82.8 Å². The van der Waals surface area contributed by atoms with E-state index in [1.54, 1.807) is 13.8 Å². The lowest BCUT2D eigenvalue weighted by Crippen LogP contribution is -2.22. The molecule has 0 atom stereocenters. The van der Waals surface area contributed by atoms with Crippen molar-refractivity contribution < 1.29 is 5.11 Å². The highest BCUT2D eigenvalue weighted by Crippen LogP contribution is 2.19. The number of nitrogens with one attached hydrogen (secondary N) is 1. The lowest BCUT2D eigenvalue weighted by Gasteiger charge is -2.15. The molecule has 0 spiro atoms. The summed E-state index contributed by atoms with van der Waals surface area (Å²) in [5.74, 6) is 0. The van der Waals surface area contributed by atoms with Gasteiger partial charge in [0.25, 0.3) is 0 Å². The molecule has 0 fully saturated rings. The molecule has 2 aromatic rings. The Morgan fingerprint density at radius 1 is 1.36 bits per heavy atom. The highest BCUT2D eigenvalue weighted by molar-refractivity contribution is 5.81. The van der Waals surface area contributed by atoms with Gasteiger partial charge in [0, 0.05) is 17.5 Å². The van der Waals surface area contributed by atoms with Crippen LogP contribution in [-0.4, -0.2) is 20.9 Å². The average Bonchev–Trinajstić information content (AvgIpc) is 2.47. The standard InChI is InChI=1S/C11H14N2O/c1-11(2,14)7-10-8-5-3-4-6-9(8)12-13-10/h3-6,14H,7H2,1-2H3,(H,12,13). The maximum absolute atomic E-state index is 9.70. The molecule has 0 aliphatic heterocycles. The summed E-state index contributed by atoms with van der Waals surface area (Å²) in [4.78, 5) is 0. The molecule has 0 saturated heterocycles. The third kappa shape index (κ3) is 1.77. The second kappa shape index (κ2) is 3.10. The zero-order valence-electron chi connectivity index (χ0n) is 8.41. The van der Waals surface area contributed by atoms with Crippen LogP contribution in [0.1, 0.15) is 19.5 Å². The summed E-state index contributed by atoms with van der Waals surface area (Å²) in [6.07, 6.45) is 0.591. The lowest BCUT2D eigenvalue weighted by molar-refractivity contribution is 0.0802. The second-order valence-electron chi connectivity index (χ2n) is 4.21. The first-order chi connectivity index (χ1) is 6.56. The predicted molar refractivity (Wildman–Crippen MR) is 56.1 cm³/mol. The van der Waals surface area contributed by atoms with Crippen molar-refractivity contribution in [2.45, 2.75) is 25.9 Å². The largest absolute Gasteiger partial charge is 0.390 e. The summed E-state index contributed by atoms with van der Waals surface area (Å²) >= 11 is 0. The summed E-state index contributed by atoms with van der Waals surface area (Å²) in [5.41, 5.74) is 1.25. The SMILES string of the molecule is CC(C)(O)Cc1[nH]nc2ccccc12. The van der Waals surface area contributed by atoms with Crippen molar-refractivity contribution >= 4 is 10.9 Å². The molecule has 0 unspecified atom stereocenters. The Hall–Kier alpha value is -1.35. The van der Waals surface area contributed by atoms with E-state index in [2.05, 4.69) is 10.2 Å². The molecule has 0 aliphatic carbocycles. The third-order valence-electron chi connectivity index (χ3n) is 2.15. The van der Waals surface area contributed by atoms with Gasteiger partial charge in [0.1, 0.15) is 0 Å². The maximum atomic E-state index is 9.70. The molecule has 3 heteroatoms. The smallest absolute Gasteiger partial charge is 0.0923 e. The van der Waals surface area contributed by atoms with Gasteiger partial charge in [-0.25, -0.2) is 0 Å². The van der Waals surface area contributed by atoms with Crippen LogP contribution in [0.4, 0.5) is 0 Å². The van der Waals surface area contributed by atoms with Crippen molar-refractivity contribution in [3.63, 3.8) is 0 Å². The topological polar surface area (TPSA) is 48.9 Å². The zero-order chi connectivity index (χ0) is 10.2. The van der Waals surface area contributed by atoms with Crippen molar-refractivity contribution in [1.82, 2.24) is 10.2 Å². The van der Waals surface area contributed by atoms with Gasteiger partial charge in [0.05, 0.1) is 11.1 Å². The minimum Gasteiger partial charge on any atom is -0.390 e.